The number of carbonyl (C=O) groups is 2. The lowest BCUT2D eigenvalue weighted by Crippen LogP contribution is -2.17. The normalized spacial score (nSPS) is 10.7. The fourth-order valence-electron chi connectivity index (χ4n) is 3.37. The minimum absolute atomic E-state index is 0.143. The van der Waals surface area contributed by atoms with Gasteiger partial charge < -0.3 is 9.30 Å². The molecule has 30 heavy (non-hydrogen) atoms. The molecule has 2 heterocycles. The number of Topliss-reactive ketones (excluding diaryl/α,β-unsaturated/α-hetero) is 1. The molecule has 0 aliphatic carbocycles. The van der Waals surface area contributed by atoms with Gasteiger partial charge in [-0.3, -0.25) is 19.7 Å². The zero-order valence-electron chi connectivity index (χ0n) is 16.8. The Labute approximate surface area is 178 Å². The van der Waals surface area contributed by atoms with Gasteiger partial charge in [0, 0.05) is 40.0 Å². The molecular formula is C22H22N2O5S. The fourth-order valence-corrected chi connectivity index (χ4v) is 4.07. The lowest BCUT2D eigenvalue weighted by atomic mass is 10.1. The number of nitro benzene ring substituents is 1. The van der Waals surface area contributed by atoms with Crippen molar-refractivity contribution in [1.29, 1.82) is 0 Å². The number of nitro groups is 1. The van der Waals surface area contributed by atoms with Crippen molar-refractivity contribution in [2.24, 2.45) is 0 Å². The molecule has 0 saturated heterocycles. The number of benzene rings is 1. The van der Waals surface area contributed by atoms with Crippen LogP contribution >= 0.6 is 11.3 Å². The highest BCUT2D eigenvalue weighted by molar-refractivity contribution is 7.09. The van der Waals surface area contributed by atoms with Crippen LogP contribution < -0.4 is 0 Å². The van der Waals surface area contributed by atoms with E-state index in [0.29, 0.717) is 5.56 Å². The van der Waals surface area contributed by atoms with E-state index in [1.54, 1.807) is 17.4 Å². The van der Waals surface area contributed by atoms with Gasteiger partial charge in [-0.2, -0.15) is 0 Å². The Hall–Kier alpha value is -3.26. The molecule has 3 aromatic rings. The maximum Gasteiger partial charge on any atom is 0.310 e. The van der Waals surface area contributed by atoms with E-state index in [1.807, 2.05) is 31.4 Å². The lowest BCUT2D eigenvalue weighted by Gasteiger charge is -2.09. The van der Waals surface area contributed by atoms with Gasteiger partial charge >= 0.3 is 5.97 Å². The van der Waals surface area contributed by atoms with E-state index in [2.05, 4.69) is 10.6 Å². The van der Waals surface area contributed by atoms with Crippen LogP contribution in [0.2, 0.25) is 0 Å². The molecule has 0 spiro atoms. The van der Waals surface area contributed by atoms with Crippen molar-refractivity contribution in [2.45, 2.75) is 33.2 Å². The molecule has 0 N–H and O–H groups in total. The van der Waals surface area contributed by atoms with Crippen molar-refractivity contribution in [3.05, 3.63) is 85.4 Å². The summed E-state index contributed by atoms with van der Waals surface area (Å²) in [6.07, 6.45) is 0.622. The second-order valence-corrected chi connectivity index (χ2v) is 7.94. The average Bonchev–Trinajstić information content (AvgIpc) is 3.33. The van der Waals surface area contributed by atoms with E-state index in [0.717, 1.165) is 24.4 Å². The molecule has 0 aliphatic heterocycles. The minimum Gasteiger partial charge on any atom is -0.457 e. The standard InChI is InChI=1S/C22H22N2O5S/c1-15-12-19(16(2)23(15)10-9-18-7-5-11-30-18)21(25)14-29-22(26)13-17-6-3-4-8-20(17)24(27)28/h3-8,11-12H,9-10,13-14H2,1-2H3. The van der Waals surface area contributed by atoms with Crippen LogP contribution in [0.15, 0.2) is 47.8 Å². The fraction of sp³-hybridized carbons (Fsp3) is 0.273. The van der Waals surface area contributed by atoms with Gasteiger partial charge in [0.05, 0.1) is 11.3 Å². The summed E-state index contributed by atoms with van der Waals surface area (Å²) in [6, 6.07) is 11.9. The zero-order valence-corrected chi connectivity index (χ0v) is 17.6. The van der Waals surface area contributed by atoms with E-state index in [9.17, 15) is 19.7 Å². The molecular weight excluding hydrogens is 404 g/mol. The van der Waals surface area contributed by atoms with Crippen molar-refractivity contribution in [1.82, 2.24) is 4.57 Å². The van der Waals surface area contributed by atoms with Crippen molar-refractivity contribution >= 4 is 28.8 Å². The first-order valence-corrected chi connectivity index (χ1v) is 10.3. The quantitative estimate of drug-likeness (QED) is 0.220. The summed E-state index contributed by atoms with van der Waals surface area (Å²) in [5.74, 6) is -0.967. The molecule has 0 amide bonds. The van der Waals surface area contributed by atoms with E-state index in [4.69, 9.17) is 4.74 Å². The second kappa shape index (κ2) is 9.49. The van der Waals surface area contributed by atoms with E-state index in [1.165, 1.54) is 23.1 Å². The molecule has 7 nitrogen and oxygen atoms in total. The van der Waals surface area contributed by atoms with Crippen LogP contribution in [0.1, 0.15) is 32.2 Å². The molecule has 0 saturated carbocycles. The van der Waals surface area contributed by atoms with Crippen molar-refractivity contribution in [3.8, 4) is 0 Å². The third-order valence-corrected chi connectivity index (χ3v) is 5.86. The number of carbonyl (C=O) groups excluding carboxylic acids is 2. The van der Waals surface area contributed by atoms with Crippen LogP contribution in [0, 0.1) is 24.0 Å². The number of ketones is 1. The van der Waals surface area contributed by atoms with Crippen LogP contribution in [-0.4, -0.2) is 27.8 Å². The van der Waals surface area contributed by atoms with Gasteiger partial charge in [0.25, 0.3) is 5.69 Å². The Balaban J connectivity index is 1.60. The number of aromatic nitrogens is 1. The number of hydrogen-bond acceptors (Lipinski definition) is 6. The van der Waals surface area contributed by atoms with E-state index < -0.39 is 17.5 Å². The summed E-state index contributed by atoms with van der Waals surface area (Å²) < 4.78 is 7.19. The molecule has 0 bridgehead atoms. The number of esters is 1. The highest BCUT2D eigenvalue weighted by Crippen LogP contribution is 2.20. The monoisotopic (exact) mass is 426 g/mol. The summed E-state index contributed by atoms with van der Waals surface area (Å²) >= 11 is 1.70. The SMILES string of the molecule is Cc1cc(C(=O)COC(=O)Cc2ccccc2[N+](=O)[O-])c(C)n1CCc1cccs1. The summed E-state index contributed by atoms with van der Waals surface area (Å²) in [4.78, 5) is 36.5. The highest BCUT2D eigenvalue weighted by Gasteiger charge is 2.20. The number of nitrogens with zero attached hydrogens (tertiary/aromatic N) is 2. The summed E-state index contributed by atoms with van der Waals surface area (Å²) in [6.45, 7) is 4.19. The predicted molar refractivity (Wildman–Crippen MR) is 114 cm³/mol. The van der Waals surface area contributed by atoms with Gasteiger partial charge in [-0.25, -0.2) is 0 Å². The van der Waals surface area contributed by atoms with Gasteiger partial charge in [0.2, 0.25) is 5.78 Å². The third-order valence-electron chi connectivity index (χ3n) is 4.92. The summed E-state index contributed by atoms with van der Waals surface area (Å²) in [5.41, 5.74) is 2.45. The number of aryl methyl sites for hydroxylation is 2. The predicted octanol–water partition coefficient (Wildman–Crippen LogP) is 4.29. The Morgan fingerprint density at radius 1 is 1.17 bits per heavy atom. The first-order valence-electron chi connectivity index (χ1n) is 9.47. The van der Waals surface area contributed by atoms with Gasteiger partial charge in [0.15, 0.2) is 6.61 Å². The van der Waals surface area contributed by atoms with Gasteiger partial charge in [-0.1, -0.05) is 24.3 Å². The Morgan fingerprint density at radius 3 is 2.63 bits per heavy atom. The molecule has 2 aromatic heterocycles. The lowest BCUT2D eigenvalue weighted by molar-refractivity contribution is -0.385. The van der Waals surface area contributed by atoms with E-state index in [-0.39, 0.29) is 23.5 Å². The molecule has 0 fully saturated rings. The summed E-state index contributed by atoms with van der Waals surface area (Å²) in [7, 11) is 0. The topological polar surface area (TPSA) is 91.4 Å². The molecule has 8 heteroatoms. The number of hydrogen-bond donors (Lipinski definition) is 0. The van der Waals surface area contributed by atoms with Crippen molar-refractivity contribution < 1.29 is 19.2 Å². The molecule has 0 aliphatic rings. The van der Waals surface area contributed by atoms with Crippen LogP contribution in [0.5, 0.6) is 0 Å². The van der Waals surface area contributed by atoms with Crippen molar-refractivity contribution in [2.75, 3.05) is 6.61 Å². The molecule has 0 unspecified atom stereocenters. The largest absolute Gasteiger partial charge is 0.457 e. The summed E-state index contributed by atoms with van der Waals surface area (Å²) in [5, 5.41) is 13.1. The maximum absolute atomic E-state index is 12.6. The first kappa shape index (κ1) is 21.4. The smallest absolute Gasteiger partial charge is 0.310 e. The van der Waals surface area contributed by atoms with Crippen molar-refractivity contribution in [3.63, 3.8) is 0 Å². The third kappa shape index (κ3) is 5.01. The zero-order chi connectivity index (χ0) is 21.7. The number of para-hydroxylation sites is 1. The number of thiophene rings is 1. The molecule has 0 atom stereocenters. The van der Waals surface area contributed by atoms with Crippen LogP contribution in [0.4, 0.5) is 5.69 Å². The maximum atomic E-state index is 12.6. The van der Waals surface area contributed by atoms with Gasteiger partial charge in [-0.15, -0.1) is 11.3 Å². The average molecular weight is 426 g/mol. The first-order chi connectivity index (χ1) is 14.4. The second-order valence-electron chi connectivity index (χ2n) is 6.91. The number of ether oxygens (including phenoxy) is 1. The Morgan fingerprint density at radius 2 is 1.93 bits per heavy atom. The Kier molecular flexibility index (Phi) is 6.79. The highest BCUT2D eigenvalue weighted by atomic mass is 32.1. The van der Waals surface area contributed by atoms with Crippen LogP contribution in [-0.2, 0) is 28.9 Å². The molecule has 3 rings (SSSR count). The molecule has 1 aromatic carbocycles. The Bertz CT molecular complexity index is 1070. The number of rotatable bonds is 9. The molecule has 0 radical (unpaired) electrons. The van der Waals surface area contributed by atoms with Crippen LogP contribution in [0.3, 0.4) is 0 Å². The van der Waals surface area contributed by atoms with Crippen LogP contribution in [0.25, 0.3) is 0 Å². The van der Waals surface area contributed by atoms with E-state index >= 15 is 0 Å². The minimum atomic E-state index is -0.677. The van der Waals surface area contributed by atoms with Gasteiger partial charge in [0.1, 0.15) is 0 Å². The van der Waals surface area contributed by atoms with Gasteiger partial charge in [-0.05, 0) is 37.8 Å². The molecule has 156 valence electrons.